The van der Waals surface area contributed by atoms with Crippen LogP contribution < -0.4 is 10.6 Å². The predicted molar refractivity (Wildman–Crippen MR) is 51.2 cm³/mol. The van der Waals surface area contributed by atoms with Gasteiger partial charge in [0, 0.05) is 18.8 Å². The summed E-state index contributed by atoms with van der Waals surface area (Å²) in [4.78, 5) is 11.0. The van der Waals surface area contributed by atoms with E-state index in [1.54, 1.807) is 7.05 Å². The Morgan fingerprint density at radius 2 is 2.00 bits per heavy atom. The molecule has 13 heavy (non-hydrogen) atoms. The lowest BCUT2D eigenvalue weighted by Crippen LogP contribution is -2.39. The van der Waals surface area contributed by atoms with E-state index < -0.39 is 21.5 Å². The third-order valence-electron chi connectivity index (χ3n) is 1.49. The Morgan fingerprint density at radius 3 is 2.38 bits per heavy atom. The molecular formula is C7H16N2O3S. The summed E-state index contributed by atoms with van der Waals surface area (Å²) in [6.07, 6.45) is 1.04. The van der Waals surface area contributed by atoms with E-state index in [9.17, 15) is 13.2 Å². The van der Waals surface area contributed by atoms with Gasteiger partial charge in [0.15, 0.2) is 9.84 Å². The molecule has 6 heteroatoms. The number of nitrogens with one attached hydrogen (secondary N) is 2. The average molecular weight is 208 g/mol. The average Bonchev–Trinajstić information content (AvgIpc) is 1.97. The highest BCUT2D eigenvalue weighted by Gasteiger charge is 2.10. The summed E-state index contributed by atoms with van der Waals surface area (Å²) < 4.78 is 21.4. The van der Waals surface area contributed by atoms with Crippen LogP contribution in [0, 0.1) is 0 Å². The molecule has 78 valence electrons. The van der Waals surface area contributed by atoms with E-state index in [0.29, 0.717) is 6.54 Å². The fourth-order valence-corrected chi connectivity index (χ4v) is 1.24. The van der Waals surface area contributed by atoms with Crippen LogP contribution in [0.1, 0.15) is 6.92 Å². The second kappa shape index (κ2) is 5.18. The topological polar surface area (TPSA) is 75.3 Å². The van der Waals surface area contributed by atoms with Crippen LogP contribution >= 0.6 is 0 Å². The molecule has 0 bridgehead atoms. The molecule has 0 aliphatic rings. The van der Waals surface area contributed by atoms with Gasteiger partial charge >= 0.3 is 0 Å². The third kappa shape index (κ3) is 7.73. The van der Waals surface area contributed by atoms with Crippen LogP contribution in [0.5, 0.6) is 0 Å². The first kappa shape index (κ1) is 12.4. The van der Waals surface area contributed by atoms with Crippen molar-refractivity contribution in [2.75, 3.05) is 25.6 Å². The number of likely N-dealkylation sites (N-methyl/N-ethyl adjacent to an activating group) is 1. The fraction of sp³-hybridized carbons (Fsp3) is 0.857. The van der Waals surface area contributed by atoms with Crippen molar-refractivity contribution in [1.29, 1.82) is 0 Å². The van der Waals surface area contributed by atoms with Crippen molar-refractivity contribution in [2.45, 2.75) is 13.0 Å². The van der Waals surface area contributed by atoms with Crippen molar-refractivity contribution < 1.29 is 13.2 Å². The Labute approximate surface area is 78.8 Å². The zero-order valence-corrected chi connectivity index (χ0v) is 8.94. The number of hydrogen-bond donors (Lipinski definition) is 2. The Kier molecular flexibility index (Phi) is 4.94. The predicted octanol–water partition coefficient (Wildman–Crippen LogP) is -1.24. The molecule has 0 aliphatic heterocycles. The molecule has 0 heterocycles. The van der Waals surface area contributed by atoms with E-state index in [-0.39, 0.29) is 6.04 Å². The molecule has 1 amide bonds. The lowest BCUT2D eigenvalue weighted by Gasteiger charge is -2.10. The summed E-state index contributed by atoms with van der Waals surface area (Å²) >= 11 is 0. The third-order valence-corrected chi connectivity index (χ3v) is 2.28. The number of rotatable bonds is 5. The van der Waals surface area contributed by atoms with E-state index in [2.05, 4.69) is 10.6 Å². The standard InChI is InChI=1S/C7H16N2O3S/c1-6(8-2)4-9-7(10)5-13(3,11)12/h6,8H,4-5H2,1-3H3,(H,9,10). The van der Waals surface area contributed by atoms with Crippen LogP contribution in [0.2, 0.25) is 0 Å². The summed E-state index contributed by atoms with van der Waals surface area (Å²) in [5, 5.41) is 5.43. The van der Waals surface area contributed by atoms with E-state index in [4.69, 9.17) is 0 Å². The maximum atomic E-state index is 11.0. The molecule has 1 unspecified atom stereocenters. The first-order valence-electron chi connectivity index (χ1n) is 3.97. The van der Waals surface area contributed by atoms with Crippen LogP contribution in [-0.4, -0.2) is 46.0 Å². The summed E-state index contributed by atoms with van der Waals surface area (Å²) in [6.45, 7) is 2.32. The zero-order chi connectivity index (χ0) is 10.5. The summed E-state index contributed by atoms with van der Waals surface area (Å²) in [5.41, 5.74) is 0. The van der Waals surface area contributed by atoms with Crippen molar-refractivity contribution in [1.82, 2.24) is 10.6 Å². The van der Waals surface area contributed by atoms with Gasteiger partial charge in [-0.25, -0.2) is 8.42 Å². The minimum absolute atomic E-state index is 0.142. The molecule has 0 aromatic heterocycles. The quantitative estimate of drug-likeness (QED) is 0.592. The van der Waals surface area contributed by atoms with Gasteiger partial charge in [-0.15, -0.1) is 0 Å². The minimum Gasteiger partial charge on any atom is -0.354 e. The van der Waals surface area contributed by atoms with Gasteiger partial charge in [-0.05, 0) is 14.0 Å². The van der Waals surface area contributed by atoms with Crippen molar-refractivity contribution in [3.63, 3.8) is 0 Å². The first-order chi connectivity index (χ1) is 5.85. The molecule has 5 nitrogen and oxygen atoms in total. The van der Waals surface area contributed by atoms with Gasteiger partial charge in [-0.2, -0.15) is 0 Å². The Bertz CT molecular complexity index is 261. The van der Waals surface area contributed by atoms with Gasteiger partial charge in [-0.3, -0.25) is 4.79 Å². The largest absolute Gasteiger partial charge is 0.354 e. The molecule has 0 saturated carbocycles. The summed E-state index contributed by atoms with van der Waals surface area (Å²) in [5.74, 6) is -0.895. The van der Waals surface area contributed by atoms with E-state index in [1.807, 2.05) is 6.92 Å². The maximum absolute atomic E-state index is 11.0. The van der Waals surface area contributed by atoms with E-state index >= 15 is 0 Å². The molecule has 0 saturated heterocycles. The van der Waals surface area contributed by atoms with Crippen molar-refractivity contribution in [3.8, 4) is 0 Å². The van der Waals surface area contributed by atoms with Crippen molar-refractivity contribution in [2.24, 2.45) is 0 Å². The number of sulfone groups is 1. The Balaban J connectivity index is 3.77. The number of carbonyl (C=O) groups excluding carboxylic acids is 1. The van der Waals surface area contributed by atoms with Crippen molar-refractivity contribution >= 4 is 15.7 Å². The summed E-state index contributed by atoms with van der Waals surface area (Å²) in [7, 11) is -1.44. The van der Waals surface area contributed by atoms with E-state index in [0.717, 1.165) is 6.26 Å². The van der Waals surface area contributed by atoms with E-state index in [1.165, 1.54) is 0 Å². The number of carbonyl (C=O) groups is 1. The lowest BCUT2D eigenvalue weighted by molar-refractivity contribution is -0.118. The van der Waals surface area contributed by atoms with Gasteiger partial charge in [0.2, 0.25) is 5.91 Å². The Morgan fingerprint density at radius 1 is 1.46 bits per heavy atom. The molecule has 0 spiro atoms. The molecule has 0 aromatic rings. The van der Waals surface area contributed by atoms with Gasteiger partial charge in [0.25, 0.3) is 0 Å². The highest BCUT2D eigenvalue weighted by Crippen LogP contribution is 1.83. The van der Waals surface area contributed by atoms with Crippen LogP contribution in [0.15, 0.2) is 0 Å². The highest BCUT2D eigenvalue weighted by atomic mass is 32.2. The number of amides is 1. The zero-order valence-electron chi connectivity index (χ0n) is 8.12. The van der Waals surface area contributed by atoms with Crippen LogP contribution in [0.4, 0.5) is 0 Å². The second-order valence-corrected chi connectivity index (χ2v) is 5.20. The molecule has 1 atom stereocenters. The molecule has 0 fully saturated rings. The van der Waals surface area contributed by atoms with Gasteiger partial charge < -0.3 is 10.6 Å². The fourth-order valence-electron chi connectivity index (χ4n) is 0.658. The maximum Gasteiger partial charge on any atom is 0.235 e. The molecule has 0 aromatic carbocycles. The smallest absolute Gasteiger partial charge is 0.235 e. The molecule has 2 N–H and O–H groups in total. The van der Waals surface area contributed by atoms with Crippen LogP contribution in [0.25, 0.3) is 0 Å². The normalized spacial score (nSPS) is 13.8. The molecule has 0 aliphatic carbocycles. The Hall–Kier alpha value is -0.620. The number of hydrogen-bond acceptors (Lipinski definition) is 4. The monoisotopic (exact) mass is 208 g/mol. The summed E-state index contributed by atoms with van der Waals surface area (Å²) in [6, 6.07) is 0.142. The van der Waals surface area contributed by atoms with Gasteiger partial charge in [-0.1, -0.05) is 0 Å². The highest BCUT2D eigenvalue weighted by molar-refractivity contribution is 7.91. The molecular weight excluding hydrogens is 192 g/mol. The van der Waals surface area contributed by atoms with Crippen LogP contribution in [-0.2, 0) is 14.6 Å². The first-order valence-corrected chi connectivity index (χ1v) is 6.03. The van der Waals surface area contributed by atoms with Gasteiger partial charge in [0.05, 0.1) is 0 Å². The molecule has 0 rings (SSSR count). The van der Waals surface area contributed by atoms with Crippen LogP contribution in [0.3, 0.4) is 0 Å². The molecule has 0 radical (unpaired) electrons. The SMILES string of the molecule is CNC(C)CNC(=O)CS(C)(=O)=O. The second-order valence-electron chi connectivity index (χ2n) is 3.06. The van der Waals surface area contributed by atoms with Crippen molar-refractivity contribution in [3.05, 3.63) is 0 Å². The minimum atomic E-state index is -3.21. The van der Waals surface area contributed by atoms with Gasteiger partial charge in [0.1, 0.15) is 5.75 Å². The lowest BCUT2D eigenvalue weighted by atomic mass is 10.3.